The molecule has 0 fully saturated rings. The Morgan fingerprint density at radius 2 is 2.00 bits per heavy atom. The monoisotopic (exact) mass is 200 g/mol. The molecule has 0 spiro atoms. The van der Waals surface area contributed by atoms with Gasteiger partial charge in [-0.1, -0.05) is 39.5 Å². The second kappa shape index (κ2) is 4.60. The lowest BCUT2D eigenvalue weighted by Crippen LogP contribution is -2.08. The lowest BCUT2D eigenvalue weighted by molar-refractivity contribution is 0.445. The first-order chi connectivity index (χ1) is 6.09. The molecular formula is C8H16N4S. The molecule has 74 valence electrons. The van der Waals surface area contributed by atoms with Crippen LogP contribution in [0.5, 0.6) is 0 Å². The van der Waals surface area contributed by atoms with Gasteiger partial charge in [-0.2, -0.15) is 0 Å². The minimum absolute atomic E-state index is 0.525. The highest BCUT2D eigenvalue weighted by Gasteiger charge is 2.09. The second-order valence-electron chi connectivity index (χ2n) is 3.70. The molecule has 1 heterocycles. The van der Waals surface area contributed by atoms with Crippen LogP contribution < -0.4 is 0 Å². The number of aromatic nitrogens is 4. The van der Waals surface area contributed by atoms with Gasteiger partial charge < -0.3 is 0 Å². The van der Waals surface area contributed by atoms with E-state index in [9.17, 15) is 0 Å². The summed E-state index contributed by atoms with van der Waals surface area (Å²) < 4.78 is 1.87. The van der Waals surface area contributed by atoms with Gasteiger partial charge in [0, 0.05) is 11.8 Å². The van der Waals surface area contributed by atoms with E-state index in [1.165, 1.54) is 0 Å². The zero-order valence-electron chi connectivity index (χ0n) is 8.56. The van der Waals surface area contributed by atoms with Gasteiger partial charge in [0.05, 0.1) is 0 Å². The molecule has 0 amide bonds. The quantitative estimate of drug-likeness (QED) is 0.695. The predicted molar refractivity (Wildman–Crippen MR) is 53.6 cm³/mol. The van der Waals surface area contributed by atoms with Gasteiger partial charge in [-0.3, -0.25) is 0 Å². The van der Waals surface area contributed by atoms with Gasteiger partial charge >= 0.3 is 0 Å². The molecule has 0 saturated heterocycles. The highest BCUT2D eigenvalue weighted by atomic mass is 32.2. The van der Waals surface area contributed by atoms with Gasteiger partial charge in [-0.15, -0.1) is 5.10 Å². The Labute approximate surface area is 83.1 Å². The normalized spacial score (nSPS) is 11.5. The molecule has 0 aliphatic heterocycles. The van der Waals surface area contributed by atoms with Crippen LogP contribution in [-0.4, -0.2) is 25.5 Å². The Bertz CT molecular complexity index is 232. The predicted octanol–water partition coefficient (Wildman–Crippen LogP) is 1.83. The Kier molecular flexibility index (Phi) is 3.71. The maximum atomic E-state index is 3.97. The molecule has 0 aliphatic carbocycles. The highest BCUT2D eigenvalue weighted by Crippen LogP contribution is 2.19. The summed E-state index contributed by atoms with van der Waals surface area (Å²) in [5, 5.41) is 13.0. The smallest absolute Gasteiger partial charge is 0.209 e. The fourth-order valence-corrected chi connectivity index (χ4v) is 1.69. The Morgan fingerprint density at radius 1 is 1.31 bits per heavy atom. The van der Waals surface area contributed by atoms with Gasteiger partial charge in [0.25, 0.3) is 0 Å². The van der Waals surface area contributed by atoms with Gasteiger partial charge in [0.15, 0.2) is 0 Å². The van der Waals surface area contributed by atoms with Crippen LogP contribution in [0.1, 0.15) is 27.7 Å². The van der Waals surface area contributed by atoms with E-state index in [0.29, 0.717) is 11.2 Å². The van der Waals surface area contributed by atoms with Crippen molar-refractivity contribution in [3.8, 4) is 0 Å². The minimum atomic E-state index is 0.525. The molecular weight excluding hydrogens is 184 g/mol. The molecule has 0 bridgehead atoms. The topological polar surface area (TPSA) is 43.6 Å². The highest BCUT2D eigenvalue weighted by molar-refractivity contribution is 7.99. The maximum absolute atomic E-state index is 3.97. The van der Waals surface area contributed by atoms with Crippen molar-refractivity contribution in [1.29, 1.82) is 0 Å². The summed E-state index contributed by atoms with van der Waals surface area (Å²) in [6, 6.07) is 0. The third-order valence-corrected chi connectivity index (χ3v) is 2.35. The molecule has 0 aliphatic rings. The van der Waals surface area contributed by atoms with Crippen molar-refractivity contribution in [2.45, 2.75) is 44.6 Å². The summed E-state index contributed by atoms with van der Waals surface area (Å²) in [7, 11) is 0. The van der Waals surface area contributed by atoms with Gasteiger partial charge in [-0.25, -0.2) is 4.68 Å². The summed E-state index contributed by atoms with van der Waals surface area (Å²) in [6.07, 6.45) is 0. The standard InChI is InChI=1S/C8H16N4S/c1-6(2)5-12-8(9-10-11-12)13-7(3)4/h6-7H,5H2,1-4H3. The van der Waals surface area contributed by atoms with Crippen LogP contribution in [0.15, 0.2) is 5.16 Å². The van der Waals surface area contributed by atoms with Gasteiger partial charge in [-0.05, 0) is 16.3 Å². The van der Waals surface area contributed by atoms with Crippen LogP contribution in [0.3, 0.4) is 0 Å². The largest absolute Gasteiger partial charge is 0.220 e. The lowest BCUT2D eigenvalue weighted by Gasteiger charge is -2.07. The molecule has 0 aromatic carbocycles. The van der Waals surface area contributed by atoms with E-state index >= 15 is 0 Å². The lowest BCUT2D eigenvalue weighted by atomic mass is 10.2. The van der Waals surface area contributed by atoms with Crippen molar-refractivity contribution in [1.82, 2.24) is 20.2 Å². The summed E-state index contributed by atoms with van der Waals surface area (Å²) in [6.45, 7) is 9.48. The molecule has 5 heteroatoms. The first kappa shape index (κ1) is 10.5. The Balaban J connectivity index is 2.65. The third-order valence-electron chi connectivity index (χ3n) is 1.38. The summed E-state index contributed by atoms with van der Waals surface area (Å²) in [5.41, 5.74) is 0. The maximum Gasteiger partial charge on any atom is 0.209 e. The van der Waals surface area contributed by atoms with E-state index in [2.05, 4.69) is 43.2 Å². The SMILES string of the molecule is CC(C)Cn1nnnc1SC(C)C. The number of rotatable bonds is 4. The molecule has 13 heavy (non-hydrogen) atoms. The fraction of sp³-hybridized carbons (Fsp3) is 0.875. The molecule has 0 radical (unpaired) electrons. The van der Waals surface area contributed by atoms with Crippen molar-refractivity contribution in [2.24, 2.45) is 5.92 Å². The number of hydrogen-bond acceptors (Lipinski definition) is 4. The molecule has 0 atom stereocenters. The number of thioether (sulfide) groups is 1. The van der Waals surface area contributed by atoms with Crippen LogP contribution in [0.25, 0.3) is 0 Å². The van der Waals surface area contributed by atoms with Crippen LogP contribution in [0.2, 0.25) is 0 Å². The van der Waals surface area contributed by atoms with Crippen LogP contribution >= 0.6 is 11.8 Å². The number of nitrogens with zero attached hydrogens (tertiary/aromatic N) is 4. The Hall–Kier alpha value is -0.580. The summed E-state index contributed by atoms with van der Waals surface area (Å²) in [5.74, 6) is 0.579. The zero-order valence-corrected chi connectivity index (χ0v) is 9.38. The van der Waals surface area contributed by atoms with Crippen molar-refractivity contribution >= 4 is 11.8 Å². The van der Waals surface area contributed by atoms with Gasteiger partial charge in [0.1, 0.15) is 0 Å². The van der Waals surface area contributed by atoms with Crippen LogP contribution in [0, 0.1) is 5.92 Å². The van der Waals surface area contributed by atoms with Crippen LogP contribution in [-0.2, 0) is 6.54 Å². The summed E-state index contributed by atoms with van der Waals surface area (Å²) in [4.78, 5) is 0. The third kappa shape index (κ3) is 3.34. The average molecular weight is 200 g/mol. The van der Waals surface area contributed by atoms with Crippen molar-refractivity contribution in [3.63, 3.8) is 0 Å². The van der Waals surface area contributed by atoms with Crippen molar-refractivity contribution in [2.75, 3.05) is 0 Å². The molecule has 4 nitrogen and oxygen atoms in total. The van der Waals surface area contributed by atoms with E-state index < -0.39 is 0 Å². The first-order valence-corrected chi connectivity index (χ1v) is 5.40. The molecule has 1 aromatic rings. The van der Waals surface area contributed by atoms with E-state index in [1.54, 1.807) is 11.8 Å². The fourth-order valence-electron chi connectivity index (χ4n) is 0.952. The number of hydrogen-bond donors (Lipinski definition) is 0. The zero-order chi connectivity index (χ0) is 9.84. The Morgan fingerprint density at radius 3 is 2.54 bits per heavy atom. The molecule has 1 rings (SSSR count). The summed E-state index contributed by atoms with van der Waals surface area (Å²) >= 11 is 1.70. The van der Waals surface area contributed by atoms with E-state index in [0.717, 1.165) is 11.7 Å². The van der Waals surface area contributed by atoms with E-state index in [1.807, 2.05) is 4.68 Å². The van der Waals surface area contributed by atoms with Gasteiger partial charge in [0.2, 0.25) is 5.16 Å². The van der Waals surface area contributed by atoms with E-state index in [4.69, 9.17) is 0 Å². The molecule has 0 N–H and O–H groups in total. The minimum Gasteiger partial charge on any atom is -0.220 e. The molecule has 0 saturated carbocycles. The molecule has 0 unspecified atom stereocenters. The van der Waals surface area contributed by atoms with Crippen LogP contribution in [0.4, 0.5) is 0 Å². The second-order valence-corrected chi connectivity index (χ2v) is 5.25. The van der Waals surface area contributed by atoms with Crippen molar-refractivity contribution < 1.29 is 0 Å². The van der Waals surface area contributed by atoms with E-state index in [-0.39, 0.29) is 0 Å². The number of tetrazole rings is 1. The molecule has 1 aromatic heterocycles. The van der Waals surface area contributed by atoms with Crippen molar-refractivity contribution in [3.05, 3.63) is 0 Å². The average Bonchev–Trinajstić information content (AvgIpc) is 2.34. The first-order valence-electron chi connectivity index (χ1n) is 4.52.